The molecule has 0 aromatic rings. The highest BCUT2D eigenvalue weighted by Crippen LogP contribution is 2.05. The number of nitrogens with zero attached hydrogens (tertiary/aromatic N) is 2. The molecule has 1 aliphatic heterocycles. The van der Waals surface area contributed by atoms with Crippen molar-refractivity contribution < 1.29 is 9.53 Å². The minimum atomic E-state index is -0.192. The molecule has 0 radical (unpaired) electrons. The molecule has 19 heavy (non-hydrogen) atoms. The molecule has 1 saturated heterocycles. The fraction of sp³-hybridized carbons (Fsp3) is 0.786. The Bertz CT molecular complexity index is 297. The maximum absolute atomic E-state index is 11.6. The van der Waals surface area contributed by atoms with E-state index in [2.05, 4.69) is 30.6 Å². The molecule has 0 aromatic carbocycles. The summed E-state index contributed by atoms with van der Waals surface area (Å²) in [6.45, 7) is 15.6. The number of piperazine rings is 1. The third-order valence-electron chi connectivity index (χ3n) is 3.11. The van der Waals surface area contributed by atoms with E-state index in [-0.39, 0.29) is 6.09 Å². The quantitative estimate of drug-likeness (QED) is 0.739. The van der Waals surface area contributed by atoms with Gasteiger partial charge in [0.1, 0.15) is 0 Å². The summed E-state index contributed by atoms with van der Waals surface area (Å²) in [4.78, 5) is 15.7. The largest absolute Gasteiger partial charge is 0.450 e. The zero-order valence-corrected chi connectivity index (χ0v) is 12.4. The van der Waals surface area contributed by atoms with Gasteiger partial charge in [0.2, 0.25) is 0 Å². The molecule has 5 nitrogen and oxygen atoms in total. The van der Waals surface area contributed by atoms with Crippen LogP contribution in [0.3, 0.4) is 0 Å². The Balaban J connectivity index is 2.22. The molecule has 5 heteroatoms. The summed E-state index contributed by atoms with van der Waals surface area (Å²) in [5.41, 5.74) is 1.19. The van der Waals surface area contributed by atoms with Crippen molar-refractivity contribution in [2.75, 3.05) is 45.9 Å². The predicted octanol–water partition coefficient (Wildman–Crippen LogP) is 1.31. The first-order valence-electron chi connectivity index (χ1n) is 7.07. The van der Waals surface area contributed by atoms with Crippen LogP contribution in [-0.4, -0.2) is 67.8 Å². The van der Waals surface area contributed by atoms with Crippen molar-refractivity contribution in [2.24, 2.45) is 0 Å². The number of hydrogen-bond acceptors (Lipinski definition) is 4. The van der Waals surface area contributed by atoms with Gasteiger partial charge in [-0.05, 0) is 12.5 Å². The molecule has 1 heterocycles. The number of rotatable bonds is 6. The molecule has 0 spiro atoms. The van der Waals surface area contributed by atoms with E-state index >= 15 is 0 Å². The second-order valence-electron chi connectivity index (χ2n) is 5.25. The first-order valence-corrected chi connectivity index (χ1v) is 7.07. The standard InChI is InChI=1S/C14H27N3O2/c1-5-19-14(18)17-8-6-16(7-9-17)11-13(4)10-15-12(2)3/h12,15H,4-11H2,1-3H3. The summed E-state index contributed by atoms with van der Waals surface area (Å²) in [7, 11) is 0. The molecule has 1 amide bonds. The summed E-state index contributed by atoms with van der Waals surface area (Å²) >= 11 is 0. The summed E-state index contributed by atoms with van der Waals surface area (Å²) in [6, 6.07) is 0.484. The van der Waals surface area contributed by atoms with Gasteiger partial charge in [0.15, 0.2) is 0 Å². The molecule has 1 fully saturated rings. The Kier molecular flexibility index (Phi) is 6.87. The second kappa shape index (κ2) is 8.17. The molecular weight excluding hydrogens is 242 g/mol. The van der Waals surface area contributed by atoms with Crippen LogP contribution in [0.4, 0.5) is 4.79 Å². The lowest BCUT2D eigenvalue weighted by Gasteiger charge is -2.34. The Morgan fingerprint density at radius 1 is 1.32 bits per heavy atom. The number of nitrogens with one attached hydrogen (secondary N) is 1. The molecule has 110 valence electrons. The van der Waals surface area contributed by atoms with Crippen molar-refractivity contribution in [3.8, 4) is 0 Å². The average molecular weight is 269 g/mol. The predicted molar refractivity (Wildman–Crippen MR) is 77.3 cm³/mol. The van der Waals surface area contributed by atoms with Gasteiger partial charge in [-0.25, -0.2) is 4.79 Å². The molecule has 0 bridgehead atoms. The number of hydrogen-bond donors (Lipinski definition) is 1. The normalized spacial score (nSPS) is 16.7. The molecule has 0 saturated carbocycles. The van der Waals surface area contributed by atoms with Crippen molar-refractivity contribution >= 4 is 6.09 Å². The van der Waals surface area contributed by atoms with Crippen LogP contribution in [0, 0.1) is 0 Å². The van der Waals surface area contributed by atoms with Crippen molar-refractivity contribution in [1.82, 2.24) is 15.1 Å². The van der Waals surface area contributed by atoms with Gasteiger partial charge in [0.25, 0.3) is 0 Å². The lowest BCUT2D eigenvalue weighted by atomic mass is 10.2. The van der Waals surface area contributed by atoms with Gasteiger partial charge in [-0.2, -0.15) is 0 Å². The van der Waals surface area contributed by atoms with E-state index in [0.717, 1.165) is 39.3 Å². The average Bonchev–Trinajstić information content (AvgIpc) is 2.37. The van der Waals surface area contributed by atoms with E-state index < -0.39 is 0 Å². The Morgan fingerprint density at radius 2 is 1.95 bits per heavy atom. The Labute approximate surface area is 116 Å². The van der Waals surface area contributed by atoms with Crippen LogP contribution in [0.25, 0.3) is 0 Å². The molecule has 1 N–H and O–H groups in total. The molecular formula is C14H27N3O2. The smallest absolute Gasteiger partial charge is 0.409 e. The molecule has 1 rings (SSSR count). The first-order chi connectivity index (χ1) is 9.02. The maximum Gasteiger partial charge on any atom is 0.409 e. The van der Waals surface area contributed by atoms with E-state index in [1.54, 1.807) is 4.90 Å². The zero-order chi connectivity index (χ0) is 14.3. The summed E-state index contributed by atoms with van der Waals surface area (Å²) in [5.74, 6) is 0. The fourth-order valence-corrected chi connectivity index (χ4v) is 2.02. The van der Waals surface area contributed by atoms with Crippen LogP contribution in [-0.2, 0) is 4.74 Å². The SMILES string of the molecule is C=C(CNC(C)C)CN1CCN(C(=O)OCC)CC1. The van der Waals surface area contributed by atoms with E-state index in [0.29, 0.717) is 12.6 Å². The van der Waals surface area contributed by atoms with Gasteiger partial charge in [-0.15, -0.1) is 0 Å². The van der Waals surface area contributed by atoms with Crippen LogP contribution >= 0.6 is 0 Å². The van der Waals surface area contributed by atoms with Gasteiger partial charge < -0.3 is 15.0 Å². The third kappa shape index (κ3) is 6.07. The van der Waals surface area contributed by atoms with Crippen molar-refractivity contribution in [3.63, 3.8) is 0 Å². The number of carbonyl (C=O) groups excluding carboxylic acids is 1. The lowest BCUT2D eigenvalue weighted by molar-refractivity contribution is 0.0818. The van der Waals surface area contributed by atoms with E-state index in [1.165, 1.54) is 5.57 Å². The first kappa shape index (κ1) is 16.0. The Hall–Kier alpha value is -1.07. The van der Waals surface area contributed by atoms with Gasteiger partial charge in [0.05, 0.1) is 6.61 Å². The number of amides is 1. The van der Waals surface area contributed by atoms with Crippen LogP contribution in [0.1, 0.15) is 20.8 Å². The molecule has 0 aliphatic carbocycles. The van der Waals surface area contributed by atoms with Crippen molar-refractivity contribution in [3.05, 3.63) is 12.2 Å². The molecule has 0 atom stereocenters. The van der Waals surface area contributed by atoms with Gasteiger partial charge in [-0.1, -0.05) is 20.4 Å². The third-order valence-corrected chi connectivity index (χ3v) is 3.11. The minimum Gasteiger partial charge on any atom is -0.450 e. The summed E-state index contributed by atoms with van der Waals surface area (Å²) in [6.07, 6.45) is -0.192. The highest BCUT2D eigenvalue weighted by molar-refractivity contribution is 5.67. The maximum atomic E-state index is 11.6. The van der Waals surface area contributed by atoms with Gasteiger partial charge in [0, 0.05) is 45.3 Å². The van der Waals surface area contributed by atoms with Crippen molar-refractivity contribution in [1.29, 1.82) is 0 Å². The summed E-state index contributed by atoms with van der Waals surface area (Å²) < 4.78 is 5.00. The molecule has 0 unspecified atom stereocenters. The van der Waals surface area contributed by atoms with Crippen molar-refractivity contribution in [2.45, 2.75) is 26.8 Å². The zero-order valence-electron chi connectivity index (χ0n) is 12.4. The van der Waals surface area contributed by atoms with E-state index in [4.69, 9.17) is 4.74 Å². The highest BCUT2D eigenvalue weighted by atomic mass is 16.6. The minimum absolute atomic E-state index is 0.192. The van der Waals surface area contributed by atoms with E-state index in [9.17, 15) is 4.79 Å². The van der Waals surface area contributed by atoms with Crippen LogP contribution in [0.5, 0.6) is 0 Å². The van der Waals surface area contributed by atoms with Gasteiger partial charge in [-0.3, -0.25) is 4.90 Å². The van der Waals surface area contributed by atoms with Gasteiger partial charge >= 0.3 is 6.09 Å². The van der Waals surface area contributed by atoms with Crippen LogP contribution in [0.2, 0.25) is 0 Å². The number of carbonyl (C=O) groups is 1. The summed E-state index contributed by atoms with van der Waals surface area (Å²) in [5, 5.41) is 3.37. The number of ether oxygens (including phenoxy) is 1. The van der Waals surface area contributed by atoms with E-state index in [1.807, 2.05) is 6.92 Å². The molecule has 1 aliphatic rings. The second-order valence-corrected chi connectivity index (χ2v) is 5.25. The van der Waals surface area contributed by atoms with Crippen LogP contribution in [0.15, 0.2) is 12.2 Å². The lowest BCUT2D eigenvalue weighted by Crippen LogP contribution is -2.49. The van der Waals surface area contributed by atoms with Crippen LogP contribution < -0.4 is 5.32 Å². The molecule has 0 aromatic heterocycles. The fourth-order valence-electron chi connectivity index (χ4n) is 2.02. The Morgan fingerprint density at radius 3 is 2.47 bits per heavy atom. The highest BCUT2D eigenvalue weighted by Gasteiger charge is 2.21. The topological polar surface area (TPSA) is 44.8 Å². The monoisotopic (exact) mass is 269 g/mol.